The third-order valence-corrected chi connectivity index (χ3v) is 3.07. The SMILES string of the molecule is CCC(CC)NC1CCC(=O)N(C)C1=O. The molecule has 1 unspecified atom stereocenters. The molecule has 4 heteroatoms. The number of likely N-dealkylation sites (tertiary alicyclic amines) is 1. The summed E-state index contributed by atoms with van der Waals surface area (Å²) < 4.78 is 0. The maximum atomic E-state index is 11.7. The molecular formula is C11H20N2O2. The zero-order valence-corrected chi connectivity index (χ0v) is 9.75. The van der Waals surface area contributed by atoms with E-state index in [1.54, 1.807) is 7.05 Å². The second kappa shape index (κ2) is 5.26. The largest absolute Gasteiger partial charge is 0.303 e. The van der Waals surface area contributed by atoms with E-state index < -0.39 is 0 Å². The number of imide groups is 1. The van der Waals surface area contributed by atoms with Crippen molar-refractivity contribution in [3.8, 4) is 0 Å². The van der Waals surface area contributed by atoms with Crippen LogP contribution in [-0.4, -0.2) is 35.8 Å². The van der Waals surface area contributed by atoms with Gasteiger partial charge in [-0.3, -0.25) is 14.5 Å². The molecule has 0 saturated carbocycles. The predicted octanol–water partition coefficient (Wildman–Crippen LogP) is 0.912. The second-order valence-corrected chi connectivity index (χ2v) is 4.06. The highest BCUT2D eigenvalue weighted by molar-refractivity contribution is 6.00. The van der Waals surface area contributed by atoms with Gasteiger partial charge < -0.3 is 5.32 Å². The summed E-state index contributed by atoms with van der Waals surface area (Å²) >= 11 is 0. The molecule has 1 N–H and O–H groups in total. The summed E-state index contributed by atoms with van der Waals surface area (Å²) in [5.41, 5.74) is 0. The van der Waals surface area contributed by atoms with Gasteiger partial charge in [0.15, 0.2) is 0 Å². The van der Waals surface area contributed by atoms with E-state index >= 15 is 0 Å². The number of rotatable bonds is 4. The van der Waals surface area contributed by atoms with Crippen molar-refractivity contribution < 1.29 is 9.59 Å². The van der Waals surface area contributed by atoms with Crippen LogP contribution < -0.4 is 5.32 Å². The molecule has 1 saturated heterocycles. The first kappa shape index (κ1) is 12.2. The maximum absolute atomic E-state index is 11.7. The lowest BCUT2D eigenvalue weighted by Crippen LogP contribution is -2.53. The minimum atomic E-state index is -0.169. The van der Waals surface area contributed by atoms with Crippen molar-refractivity contribution in [1.82, 2.24) is 10.2 Å². The molecule has 1 atom stereocenters. The maximum Gasteiger partial charge on any atom is 0.246 e. The number of likely N-dealkylation sites (N-methyl/N-ethyl adjacent to an activating group) is 1. The topological polar surface area (TPSA) is 49.4 Å². The van der Waals surface area contributed by atoms with Gasteiger partial charge in [0.05, 0.1) is 6.04 Å². The average Bonchev–Trinajstić information content (AvgIpc) is 2.25. The molecular weight excluding hydrogens is 192 g/mol. The lowest BCUT2D eigenvalue weighted by Gasteiger charge is -2.30. The molecule has 1 aliphatic rings. The lowest BCUT2D eigenvalue weighted by atomic mass is 10.0. The number of carbonyl (C=O) groups excluding carboxylic acids is 2. The second-order valence-electron chi connectivity index (χ2n) is 4.06. The Labute approximate surface area is 91.0 Å². The van der Waals surface area contributed by atoms with Crippen LogP contribution in [0.25, 0.3) is 0 Å². The van der Waals surface area contributed by atoms with E-state index in [4.69, 9.17) is 0 Å². The molecule has 0 radical (unpaired) electrons. The van der Waals surface area contributed by atoms with E-state index in [0.29, 0.717) is 18.9 Å². The Kier molecular flexibility index (Phi) is 4.27. The third-order valence-electron chi connectivity index (χ3n) is 3.07. The van der Waals surface area contributed by atoms with Crippen molar-refractivity contribution in [1.29, 1.82) is 0 Å². The Hall–Kier alpha value is -0.900. The zero-order chi connectivity index (χ0) is 11.4. The van der Waals surface area contributed by atoms with Gasteiger partial charge in [-0.05, 0) is 19.3 Å². The molecule has 0 aromatic carbocycles. The van der Waals surface area contributed by atoms with Crippen LogP contribution in [0.15, 0.2) is 0 Å². The fourth-order valence-electron chi connectivity index (χ4n) is 1.88. The standard InChI is InChI=1S/C11H20N2O2/c1-4-8(5-2)12-9-6-7-10(14)13(3)11(9)15/h8-9,12H,4-7H2,1-3H3. The van der Waals surface area contributed by atoms with Crippen LogP contribution in [0.5, 0.6) is 0 Å². The fourth-order valence-corrected chi connectivity index (χ4v) is 1.88. The Morgan fingerprint density at radius 1 is 1.40 bits per heavy atom. The van der Waals surface area contributed by atoms with Gasteiger partial charge in [-0.25, -0.2) is 0 Å². The molecule has 15 heavy (non-hydrogen) atoms. The summed E-state index contributed by atoms with van der Waals surface area (Å²) in [7, 11) is 1.56. The van der Waals surface area contributed by atoms with E-state index in [0.717, 1.165) is 12.8 Å². The van der Waals surface area contributed by atoms with Crippen LogP contribution in [0.3, 0.4) is 0 Å². The molecule has 0 aliphatic carbocycles. The molecule has 1 aliphatic heterocycles. The Morgan fingerprint density at radius 2 is 2.00 bits per heavy atom. The quantitative estimate of drug-likeness (QED) is 0.705. The third kappa shape index (κ3) is 2.78. The number of hydrogen-bond donors (Lipinski definition) is 1. The van der Waals surface area contributed by atoms with Gasteiger partial charge in [-0.2, -0.15) is 0 Å². The lowest BCUT2D eigenvalue weighted by molar-refractivity contribution is -0.148. The molecule has 4 nitrogen and oxygen atoms in total. The molecule has 0 spiro atoms. The van der Waals surface area contributed by atoms with Crippen molar-refractivity contribution in [2.75, 3.05) is 7.05 Å². The molecule has 0 aromatic rings. The van der Waals surface area contributed by atoms with Crippen LogP contribution in [0.1, 0.15) is 39.5 Å². The van der Waals surface area contributed by atoms with E-state index in [2.05, 4.69) is 19.2 Å². The highest BCUT2D eigenvalue weighted by Gasteiger charge is 2.32. The van der Waals surface area contributed by atoms with Gasteiger partial charge in [0.2, 0.25) is 11.8 Å². The fraction of sp³-hybridized carbons (Fsp3) is 0.818. The van der Waals surface area contributed by atoms with Gasteiger partial charge in [0, 0.05) is 19.5 Å². The minimum absolute atomic E-state index is 0.0670. The summed E-state index contributed by atoms with van der Waals surface area (Å²) in [6, 6.07) is 0.207. The first-order valence-corrected chi connectivity index (χ1v) is 5.66. The molecule has 1 fully saturated rings. The minimum Gasteiger partial charge on any atom is -0.303 e. The first-order chi connectivity index (χ1) is 7.10. The summed E-state index contributed by atoms with van der Waals surface area (Å²) in [6.07, 6.45) is 3.13. The smallest absolute Gasteiger partial charge is 0.246 e. The monoisotopic (exact) mass is 212 g/mol. The summed E-state index contributed by atoms with van der Waals surface area (Å²) in [6.45, 7) is 4.20. The average molecular weight is 212 g/mol. The summed E-state index contributed by atoms with van der Waals surface area (Å²) in [4.78, 5) is 24.2. The van der Waals surface area contributed by atoms with Gasteiger partial charge >= 0.3 is 0 Å². The van der Waals surface area contributed by atoms with Gasteiger partial charge in [0.25, 0.3) is 0 Å². The molecule has 0 aromatic heterocycles. The van der Waals surface area contributed by atoms with Crippen LogP contribution in [0.4, 0.5) is 0 Å². The van der Waals surface area contributed by atoms with E-state index in [1.807, 2.05) is 0 Å². The number of hydrogen-bond acceptors (Lipinski definition) is 3. The van der Waals surface area contributed by atoms with Crippen molar-refractivity contribution in [2.45, 2.75) is 51.6 Å². The molecule has 1 rings (SSSR count). The highest BCUT2D eigenvalue weighted by atomic mass is 16.2. The van der Waals surface area contributed by atoms with Crippen molar-refractivity contribution in [3.05, 3.63) is 0 Å². The van der Waals surface area contributed by atoms with Crippen LogP contribution in [0.2, 0.25) is 0 Å². The molecule has 86 valence electrons. The number of amides is 2. The highest BCUT2D eigenvalue weighted by Crippen LogP contribution is 2.13. The summed E-state index contributed by atoms with van der Waals surface area (Å²) in [5.74, 6) is -0.152. The number of nitrogens with one attached hydrogen (secondary N) is 1. The summed E-state index contributed by atoms with van der Waals surface area (Å²) in [5, 5.41) is 3.31. The van der Waals surface area contributed by atoms with Gasteiger partial charge in [0.1, 0.15) is 0 Å². The predicted molar refractivity (Wildman–Crippen MR) is 58.3 cm³/mol. The molecule has 1 heterocycles. The van der Waals surface area contributed by atoms with Gasteiger partial charge in [-0.1, -0.05) is 13.8 Å². The Morgan fingerprint density at radius 3 is 2.53 bits per heavy atom. The Balaban J connectivity index is 2.56. The molecule has 2 amide bonds. The first-order valence-electron chi connectivity index (χ1n) is 5.66. The van der Waals surface area contributed by atoms with Crippen LogP contribution >= 0.6 is 0 Å². The van der Waals surface area contributed by atoms with Crippen LogP contribution in [-0.2, 0) is 9.59 Å². The van der Waals surface area contributed by atoms with E-state index in [9.17, 15) is 9.59 Å². The number of piperidine rings is 1. The van der Waals surface area contributed by atoms with E-state index in [-0.39, 0.29) is 17.9 Å². The molecule has 0 bridgehead atoms. The van der Waals surface area contributed by atoms with Crippen molar-refractivity contribution in [2.24, 2.45) is 0 Å². The van der Waals surface area contributed by atoms with E-state index in [1.165, 1.54) is 4.90 Å². The normalized spacial score (nSPS) is 22.7. The van der Waals surface area contributed by atoms with Gasteiger partial charge in [-0.15, -0.1) is 0 Å². The van der Waals surface area contributed by atoms with Crippen LogP contribution in [0, 0.1) is 0 Å². The van der Waals surface area contributed by atoms with Crippen molar-refractivity contribution >= 4 is 11.8 Å². The number of nitrogens with zero attached hydrogens (tertiary/aromatic N) is 1. The number of carbonyl (C=O) groups is 2. The zero-order valence-electron chi connectivity index (χ0n) is 9.75. The van der Waals surface area contributed by atoms with Crippen molar-refractivity contribution in [3.63, 3.8) is 0 Å². The Bertz CT molecular complexity index is 249.